The number of aliphatic imine (C=N–C) groups is 1. The van der Waals surface area contributed by atoms with E-state index in [-0.39, 0.29) is 42.1 Å². The quantitative estimate of drug-likeness (QED) is 0.543. The number of ketones is 1. The number of nitrogens with two attached hydrogens (primary N) is 1. The number of hydrogen-bond acceptors (Lipinski definition) is 6. The lowest BCUT2D eigenvalue weighted by atomic mass is 9.90. The Labute approximate surface area is 199 Å². The number of imidazole rings is 1. The van der Waals surface area contributed by atoms with E-state index >= 15 is 4.39 Å². The molecule has 11 heteroatoms. The first-order valence-electron chi connectivity index (χ1n) is 10.6. The number of benzene rings is 1. The average Bonchev–Trinajstić information content (AvgIpc) is 3.54. The van der Waals surface area contributed by atoms with Crippen LogP contribution in [0.25, 0.3) is 5.65 Å². The highest BCUT2D eigenvalue weighted by Crippen LogP contribution is 2.53. The van der Waals surface area contributed by atoms with Crippen molar-refractivity contribution in [1.29, 1.82) is 0 Å². The zero-order chi connectivity index (χ0) is 24.6. The summed E-state index contributed by atoms with van der Waals surface area (Å²) >= 11 is 6.03. The predicted octanol–water partition coefficient (Wildman–Crippen LogP) is 3.69. The first kappa shape index (κ1) is 22.9. The molecule has 0 amide bonds. The number of aromatic nitrogens is 2. The van der Waals surface area contributed by atoms with E-state index in [0.29, 0.717) is 21.9 Å². The summed E-state index contributed by atoms with van der Waals surface area (Å²) in [5, 5.41) is 0.486. The van der Waals surface area contributed by atoms with E-state index < -0.39 is 31.4 Å². The van der Waals surface area contributed by atoms with Crippen molar-refractivity contribution in [3.63, 3.8) is 0 Å². The van der Waals surface area contributed by atoms with Gasteiger partial charge in [-0.1, -0.05) is 17.7 Å². The number of sulfone groups is 1. The molecule has 2 aliphatic rings. The van der Waals surface area contributed by atoms with Crippen LogP contribution < -0.4 is 5.73 Å². The lowest BCUT2D eigenvalue weighted by Gasteiger charge is -2.37. The number of Topliss-reactive ketones (excluding diaryl/α,β-unsaturated/α-hetero) is 1. The molecular weight excluding hydrogens is 486 g/mol. The minimum atomic E-state index is -4.33. The molecule has 3 heterocycles. The predicted molar refractivity (Wildman–Crippen MR) is 124 cm³/mol. The summed E-state index contributed by atoms with van der Waals surface area (Å²) in [6.07, 6.45) is 1.88. The number of halogens is 3. The summed E-state index contributed by atoms with van der Waals surface area (Å²) < 4.78 is 56.3. The molecule has 2 atom stereocenters. The van der Waals surface area contributed by atoms with E-state index in [2.05, 4.69) is 9.98 Å². The fourth-order valence-electron chi connectivity index (χ4n) is 4.63. The Morgan fingerprint density at radius 3 is 2.68 bits per heavy atom. The van der Waals surface area contributed by atoms with Gasteiger partial charge in [0.15, 0.2) is 15.6 Å². The van der Waals surface area contributed by atoms with E-state index in [4.69, 9.17) is 17.3 Å². The maximum atomic E-state index is 15.4. The number of amidine groups is 1. The molecule has 1 fully saturated rings. The smallest absolute Gasteiger partial charge is 0.230 e. The average molecular weight is 507 g/mol. The number of hydrogen-bond donors (Lipinski definition) is 1. The SMILES string of the molecule is Cc1c(C(=O)Cc2ccc(F)c([C@@]3(C)N=C(N)C4(CC4)S(=O)(=O)[C@H]3F)c2)nc2ccc(Cl)cn12. The minimum Gasteiger partial charge on any atom is -0.386 e. The van der Waals surface area contributed by atoms with Crippen LogP contribution in [0.5, 0.6) is 0 Å². The number of rotatable bonds is 4. The van der Waals surface area contributed by atoms with E-state index in [1.165, 1.54) is 19.1 Å². The van der Waals surface area contributed by atoms with Crippen LogP contribution in [-0.4, -0.2) is 39.7 Å². The van der Waals surface area contributed by atoms with Gasteiger partial charge in [0.2, 0.25) is 5.50 Å². The third-order valence-corrected chi connectivity index (χ3v) is 9.74. The lowest BCUT2D eigenvalue weighted by Crippen LogP contribution is -2.54. The number of nitrogens with zero attached hydrogens (tertiary/aromatic N) is 3. The number of fused-ring (bicyclic) bond motifs is 1. The van der Waals surface area contributed by atoms with Crippen molar-refractivity contribution in [2.45, 2.75) is 48.9 Å². The second kappa shape index (κ2) is 7.32. The van der Waals surface area contributed by atoms with Crippen LogP contribution in [0.3, 0.4) is 0 Å². The summed E-state index contributed by atoms with van der Waals surface area (Å²) in [4.78, 5) is 21.5. The van der Waals surface area contributed by atoms with Gasteiger partial charge in [-0.15, -0.1) is 0 Å². The molecule has 2 N–H and O–H groups in total. The first-order chi connectivity index (χ1) is 15.9. The second-order valence-electron chi connectivity index (χ2n) is 9.04. The third kappa shape index (κ3) is 3.11. The molecule has 34 heavy (non-hydrogen) atoms. The zero-order valence-electron chi connectivity index (χ0n) is 18.3. The van der Waals surface area contributed by atoms with Gasteiger partial charge in [0.25, 0.3) is 0 Å². The molecule has 0 radical (unpaired) electrons. The Bertz CT molecular complexity index is 1510. The number of carbonyl (C=O) groups excluding carboxylic acids is 1. The molecule has 1 aromatic carbocycles. The maximum absolute atomic E-state index is 15.4. The van der Waals surface area contributed by atoms with Gasteiger partial charge in [0.05, 0.1) is 10.7 Å². The summed E-state index contributed by atoms with van der Waals surface area (Å²) in [6, 6.07) is 7.09. The topological polar surface area (TPSA) is 107 Å². The molecule has 7 nitrogen and oxygen atoms in total. The summed E-state index contributed by atoms with van der Waals surface area (Å²) in [5.41, 5.74) is 2.85. The summed E-state index contributed by atoms with van der Waals surface area (Å²) in [5.74, 6) is -1.38. The van der Waals surface area contributed by atoms with Gasteiger partial charge in [0.1, 0.15) is 33.3 Å². The molecule has 2 aromatic heterocycles. The van der Waals surface area contributed by atoms with E-state index in [0.717, 1.165) is 6.07 Å². The van der Waals surface area contributed by atoms with Crippen LogP contribution in [0.2, 0.25) is 5.02 Å². The molecule has 178 valence electrons. The van der Waals surface area contributed by atoms with Gasteiger partial charge in [-0.25, -0.2) is 22.2 Å². The van der Waals surface area contributed by atoms with Crippen LogP contribution in [0.1, 0.15) is 47.1 Å². The Kier molecular flexibility index (Phi) is 4.94. The molecule has 1 spiro atoms. The number of alkyl halides is 1. The van der Waals surface area contributed by atoms with Crippen molar-refractivity contribution in [3.8, 4) is 0 Å². The van der Waals surface area contributed by atoms with Crippen LogP contribution in [0.4, 0.5) is 8.78 Å². The van der Waals surface area contributed by atoms with Crippen LogP contribution >= 0.6 is 11.6 Å². The first-order valence-corrected chi connectivity index (χ1v) is 12.5. The van der Waals surface area contributed by atoms with E-state index in [1.54, 1.807) is 29.7 Å². The molecule has 1 saturated carbocycles. The summed E-state index contributed by atoms with van der Waals surface area (Å²) in [7, 11) is -4.33. The molecule has 0 bridgehead atoms. The Morgan fingerprint density at radius 2 is 2.00 bits per heavy atom. The van der Waals surface area contributed by atoms with Gasteiger partial charge in [-0.3, -0.25) is 9.79 Å². The fourth-order valence-corrected chi connectivity index (χ4v) is 6.97. The highest BCUT2D eigenvalue weighted by molar-refractivity contribution is 7.94. The molecule has 1 aliphatic carbocycles. The molecule has 3 aromatic rings. The molecule has 0 saturated heterocycles. The molecule has 0 unspecified atom stereocenters. The van der Waals surface area contributed by atoms with E-state index in [1.807, 2.05) is 0 Å². The van der Waals surface area contributed by atoms with Crippen molar-refractivity contribution < 1.29 is 22.0 Å². The van der Waals surface area contributed by atoms with Gasteiger partial charge in [0, 0.05) is 18.2 Å². The highest BCUT2D eigenvalue weighted by Gasteiger charge is 2.67. The number of pyridine rings is 1. The van der Waals surface area contributed by atoms with Gasteiger partial charge >= 0.3 is 0 Å². The third-order valence-electron chi connectivity index (χ3n) is 6.81. The number of carbonyl (C=O) groups is 1. The fraction of sp³-hybridized carbons (Fsp3) is 0.348. The summed E-state index contributed by atoms with van der Waals surface area (Å²) in [6.45, 7) is 2.93. The van der Waals surface area contributed by atoms with Crippen LogP contribution in [0, 0.1) is 12.7 Å². The normalized spacial score (nSPS) is 24.9. The van der Waals surface area contributed by atoms with Crippen molar-refractivity contribution >= 4 is 38.7 Å². The van der Waals surface area contributed by atoms with E-state index in [9.17, 15) is 17.6 Å². The van der Waals surface area contributed by atoms with Crippen LogP contribution in [-0.2, 0) is 21.8 Å². The molecular formula is C23H21ClF2N4O3S. The largest absolute Gasteiger partial charge is 0.386 e. The maximum Gasteiger partial charge on any atom is 0.230 e. The standard InChI is InChI=1S/C23H21ClF2N4O3S/c1-12-19(28-18-6-4-14(24)11-30(12)18)17(31)10-13-3-5-16(25)15(9-13)22(2)20(26)34(32,33)23(7-8-23)21(27)29-22/h3-6,9,11,20H,7-8,10H2,1-2H3,(H2,27,29)/t20-,22-/m1/s1. The molecule has 5 rings (SSSR count). The second-order valence-corrected chi connectivity index (χ2v) is 11.8. The van der Waals surface area contributed by atoms with Crippen molar-refractivity contribution in [1.82, 2.24) is 9.38 Å². The van der Waals surface area contributed by atoms with Crippen molar-refractivity contribution in [2.24, 2.45) is 10.7 Å². The lowest BCUT2D eigenvalue weighted by molar-refractivity contribution is 0.0988. The minimum absolute atomic E-state index is 0.158. The number of aryl methyl sites for hydroxylation is 1. The Balaban J connectivity index is 1.52. The zero-order valence-corrected chi connectivity index (χ0v) is 19.9. The van der Waals surface area contributed by atoms with Crippen molar-refractivity contribution in [3.05, 3.63) is 69.9 Å². The Morgan fingerprint density at radius 1 is 1.29 bits per heavy atom. The Hall–Kier alpha value is -2.85. The monoisotopic (exact) mass is 506 g/mol. The van der Waals surface area contributed by atoms with Gasteiger partial charge in [-0.2, -0.15) is 0 Å². The highest BCUT2D eigenvalue weighted by atomic mass is 35.5. The van der Waals surface area contributed by atoms with Gasteiger partial charge < -0.3 is 10.1 Å². The van der Waals surface area contributed by atoms with Crippen molar-refractivity contribution in [2.75, 3.05) is 0 Å². The molecule has 1 aliphatic heterocycles. The van der Waals surface area contributed by atoms with Crippen LogP contribution in [0.15, 0.2) is 41.5 Å². The van der Waals surface area contributed by atoms with Gasteiger partial charge in [-0.05, 0) is 56.5 Å².